The molecule has 2 rings (SSSR count). The predicted octanol–water partition coefficient (Wildman–Crippen LogP) is 3.11. The van der Waals surface area contributed by atoms with E-state index in [-0.39, 0.29) is 18.7 Å². The lowest BCUT2D eigenvalue weighted by atomic mass is 10.2. The molecule has 0 aliphatic carbocycles. The zero-order chi connectivity index (χ0) is 16.5. The highest BCUT2D eigenvalue weighted by Gasteiger charge is 2.02. The van der Waals surface area contributed by atoms with E-state index in [0.29, 0.717) is 5.75 Å². The van der Waals surface area contributed by atoms with Crippen molar-refractivity contribution in [2.24, 2.45) is 0 Å². The van der Waals surface area contributed by atoms with E-state index >= 15 is 0 Å². The van der Waals surface area contributed by atoms with E-state index in [0.717, 1.165) is 5.56 Å². The van der Waals surface area contributed by atoms with Gasteiger partial charge in [-0.25, -0.2) is 9.18 Å². The van der Waals surface area contributed by atoms with Crippen molar-refractivity contribution in [3.8, 4) is 17.6 Å². The van der Waals surface area contributed by atoms with Gasteiger partial charge < -0.3 is 14.8 Å². The number of benzene rings is 2. The van der Waals surface area contributed by atoms with Crippen LogP contribution in [0.15, 0.2) is 48.5 Å². The van der Waals surface area contributed by atoms with Crippen LogP contribution in [-0.4, -0.2) is 19.7 Å². The Labute approximate surface area is 134 Å². The van der Waals surface area contributed by atoms with Gasteiger partial charge in [0.25, 0.3) is 0 Å². The number of amides is 1. The van der Waals surface area contributed by atoms with E-state index in [9.17, 15) is 9.18 Å². The largest absolute Gasteiger partial charge is 0.497 e. The molecular weight excluding hydrogens is 297 g/mol. The topological polar surface area (TPSA) is 47.6 Å². The summed E-state index contributed by atoms with van der Waals surface area (Å²) in [6, 6.07) is 13.6. The molecule has 2 aromatic rings. The molecule has 0 unspecified atom stereocenters. The van der Waals surface area contributed by atoms with Crippen LogP contribution in [0.5, 0.6) is 5.75 Å². The SMILES string of the molecule is COc1ccc(F)c(C#CCNC(=O)OCc2ccccc2)c1. The highest BCUT2D eigenvalue weighted by atomic mass is 19.1. The molecule has 118 valence electrons. The van der Waals surface area contributed by atoms with Crippen molar-refractivity contribution >= 4 is 6.09 Å². The number of ether oxygens (including phenoxy) is 2. The molecule has 0 aliphatic rings. The van der Waals surface area contributed by atoms with Crippen LogP contribution < -0.4 is 10.1 Å². The second-order valence-corrected chi connectivity index (χ2v) is 4.56. The lowest BCUT2D eigenvalue weighted by molar-refractivity contribution is 0.141. The average molecular weight is 313 g/mol. The fourth-order valence-corrected chi connectivity index (χ4v) is 1.76. The minimum atomic E-state index is -0.575. The summed E-state index contributed by atoms with van der Waals surface area (Å²) in [5.74, 6) is 5.39. The summed E-state index contributed by atoms with van der Waals surface area (Å²) in [5.41, 5.74) is 1.11. The summed E-state index contributed by atoms with van der Waals surface area (Å²) in [6.45, 7) is 0.245. The fourth-order valence-electron chi connectivity index (χ4n) is 1.76. The van der Waals surface area contributed by atoms with Gasteiger partial charge in [-0.2, -0.15) is 0 Å². The molecule has 1 N–H and O–H groups in total. The van der Waals surface area contributed by atoms with Crippen molar-refractivity contribution in [3.05, 3.63) is 65.5 Å². The number of nitrogens with one attached hydrogen (secondary N) is 1. The molecular formula is C18H16FNO3. The Morgan fingerprint density at radius 3 is 2.74 bits per heavy atom. The zero-order valence-corrected chi connectivity index (χ0v) is 12.6. The summed E-state index contributed by atoms with van der Waals surface area (Å²) in [4.78, 5) is 11.5. The van der Waals surface area contributed by atoms with Crippen LogP contribution in [0.1, 0.15) is 11.1 Å². The minimum absolute atomic E-state index is 0.0598. The highest BCUT2D eigenvalue weighted by molar-refractivity contribution is 5.67. The van der Waals surface area contributed by atoms with Crippen molar-refractivity contribution < 1.29 is 18.7 Å². The maximum absolute atomic E-state index is 13.5. The van der Waals surface area contributed by atoms with E-state index in [4.69, 9.17) is 9.47 Å². The summed E-state index contributed by atoms with van der Waals surface area (Å²) < 4.78 is 23.6. The number of methoxy groups -OCH3 is 1. The summed E-state index contributed by atoms with van der Waals surface area (Å²) in [7, 11) is 1.49. The van der Waals surface area contributed by atoms with Gasteiger partial charge in [-0.15, -0.1) is 0 Å². The van der Waals surface area contributed by atoms with Gasteiger partial charge in [-0.1, -0.05) is 42.2 Å². The van der Waals surface area contributed by atoms with Crippen LogP contribution in [0.3, 0.4) is 0 Å². The Bertz CT molecular complexity index is 720. The Balaban J connectivity index is 1.80. The third-order valence-electron chi connectivity index (χ3n) is 2.93. The number of carbonyl (C=O) groups is 1. The smallest absolute Gasteiger partial charge is 0.408 e. The number of rotatable bonds is 4. The van der Waals surface area contributed by atoms with E-state index < -0.39 is 11.9 Å². The highest BCUT2D eigenvalue weighted by Crippen LogP contribution is 2.15. The number of alkyl carbamates (subject to hydrolysis) is 1. The van der Waals surface area contributed by atoms with Gasteiger partial charge in [0, 0.05) is 0 Å². The number of halogens is 1. The molecule has 0 fully saturated rings. The van der Waals surface area contributed by atoms with Gasteiger partial charge in [-0.05, 0) is 23.8 Å². The second-order valence-electron chi connectivity index (χ2n) is 4.56. The van der Waals surface area contributed by atoms with E-state index in [2.05, 4.69) is 17.2 Å². The Hall–Kier alpha value is -3.00. The molecule has 0 aliphatic heterocycles. The van der Waals surface area contributed by atoms with Crippen LogP contribution >= 0.6 is 0 Å². The lowest BCUT2D eigenvalue weighted by Crippen LogP contribution is -2.24. The van der Waals surface area contributed by atoms with Crippen LogP contribution in [0.2, 0.25) is 0 Å². The van der Waals surface area contributed by atoms with E-state index in [1.165, 1.54) is 25.3 Å². The quantitative estimate of drug-likeness (QED) is 0.882. The average Bonchev–Trinajstić information content (AvgIpc) is 2.59. The number of hydrogen-bond donors (Lipinski definition) is 1. The van der Waals surface area contributed by atoms with Crippen molar-refractivity contribution in [1.29, 1.82) is 0 Å². The van der Waals surface area contributed by atoms with Gasteiger partial charge in [0.15, 0.2) is 0 Å². The van der Waals surface area contributed by atoms with Gasteiger partial charge in [0.2, 0.25) is 0 Å². The van der Waals surface area contributed by atoms with Gasteiger partial charge in [0.1, 0.15) is 18.2 Å². The molecule has 5 heteroatoms. The van der Waals surface area contributed by atoms with Crippen molar-refractivity contribution in [2.45, 2.75) is 6.61 Å². The van der Waals surface area contributed by atoms with Crippen molar-refractivity contribution in [3.63, 3.8) is 0 Å². The van der Waals surface area contributed by atoms with Crippen LogP contribution in [0, 0.1) is 17.7 Å². The molecule has 1 amide bonds. The first-order valence-corrected chi connectivity index (χ1v) is 6.96. The first-order valence-electron chi connectivity index (χ1n) is 6.96. The molecule has 4 nitrogen and oxygen atoms in total. The Morgan fingerprint density at radius 2 is 2.00 bits per heavy atom. The van der Waals surface area contributed by atoms with Crippen molar-refractivity contribution in [1.82, 2.24) is 5.32 Å². The second kappa shape index (κ2) is 8.44. The molecule has 0 saturated carbocycles. The van der Waals surface area contributed by atoms with Gasteiger partial charge in [-0.3, -0.25) is 0 Å². The molecule has 0 radical (unpaired) electrons. The zero-order valence-electron chi connectivity index (χ0n) is 12.6. The van der Waals surface area contributed by atoms with Crippen LogP contribution in [0.25, 0.3) is 0 Å². The first-order chi connectivity index (χ1) is 11.2. The summed E-state index contributed by atoms with van der Waals surface area (Å²) in [6.07, 6.45) is -0.575. The molecule has 0 atom stereocenters. The molecule has 0 heterocycles. The first kappa shape index (κ1) is 16.4. The van der Waals surface area contributed by atoms with Crippen LogP contribution in [0.4, 0.5) is 9.18 Å². The minimum Gasteiger partial charge on any atom is -0.497 e. The molecule has 2 aromatic carbocycles. The van der Waals surface area contributed by atoms with Crippen LogP contribution in [-0.2, 0) is 11.3 Å². The van der Waals surface area contributed by atoms with Crippen molar-refractivity contribution in [2.75, 3.05) is 13.7 Å². The van der Waals surface area contributed by atoms with Gasteiger partial charge in [0.05, 0.1) is 19.2 Å². The fraction of sp³-hybridized carbons (Fsp3) is 0.167. The molecule has 0 saturated heterocycles. The number of carbonyl (C=O) groups excluding carboxylic acids is 1. The van der Waals surface area contributed by atoms with E-state index in [1.807, 2.05) is 30.3 Å². The standard InChI is InChI=1S/C18H16FNO3/c1-22-16-9-10-17(19)15(12-16)8-5-11-20-18(21)23-13-14-6-3-2-4-7-14/h2-4,6-7,9-10,12H,11,13H2,1H3,(H,20,21). The number of hydrogen-bond acceptors (Lipinski definition) is 3. The third kappa shape index (κ3) is 5.36. The monoisotopic (exact) mass is 313 g/mol. The maximum atomic E-state index is 13.5. The maximum Gasteiger partial charge on any atom is 0.408 e. The van der Waals surface area contributed by atoms with E-state index in [1.54, 1.807) is 0 Å². The Morgan fingerprint density at radius 1 is 1.22 bits per heavy atom. The van der Waals surface area contributed by atoms with Gasteiger partial charge >= 0.3 is 6.09 Å². The normalized spacial score (nSPS) is 9.48. The Kier molecular flexibility index (Phi) is 6.01. The molecule has 0 aromatic heterocycles. The molecule has 0 bridgehead atoms. The molecule has 0 spiro atoms. The third-order valence-corrected chi connectivity index (χ3v) is 2.93. The predicted molar refractivity (Wildman–Crippen MR) is 84.5 cm³/mol. The summed E-state index contributed by atoms with van der Waals surface area (Å²) >= 11 is 0. The lowest BCUT2D eigenvalue weighted by Gasteiger charge is -2.04. The summed E-state index contributed by atoms with van der Waals surface area (Å²) in [5, 5.41) is 2.48. The molecule has 23 heavy (non-hydrogen) atoms.